The summed E-state index contributed by atoms with van der Waals surface area (Å²) in [5.41, 5.74) is 0.212. The van der Waals surface area contributed by atoms with E-state index in [2.05, 4.69) is 10.1 Å². The molecular formula is C22H14F3N3O. The fourth-order valence-electron chi connectivity index (χ4n) is 2.92. The van der Waals surface area contributed by atoms with Crippen molar-refractivity contribution < 1.29 is 13.2 Å². The van der Waals surface area contributed by atoms with Crippen molar-refractivity contribution >= 4 is 17.1 Å². The summed E-state index contributed by atoms with van der Waals surface area (Å²) in [4.78, 5) is 17.5. The van der Waals surface area contributed by atoms with Crippen LogP contribution in [0, 0.1) is 0 Å². The van der Waals surface area contributed by atoms with Gasteiger partial charge in [-0.1, -0.05) is 54.6 Å². The second-order valence-corrected chi connectivity index (χ2v) is 6.30. The zero-order valence-electron chi connectivity index (χ0n) is 15.0. The van der Waals surface area contributed by atoms with Gasteiger partial charge in [0.1, 0.15) is 0 Å². The number of hydrogen-bond donors (Lipinski definition) is 0. The number of aromatic nitrogens is 2. The Morgan fingerprint density at radius 2 is 1.62 bits per heavy atom. The van der Waals surface area contributed by atoms with E-state index >= 15 is 0 Å². The van der Waals surface area contributed by atoms with E-state index in [0.717, 1.165) is 16.8 Å². The van der Waals surface area contributed by atoms with Crippen molar-refractivity contribution in [2.24, 2.45) is 5.10 Å². The Morgan fingerprint density at radius 3 is 2.38 bits per heavy atom. The Morgan fingerprint density at radius 1 is 0.897 bits per heavy atom. The molecule has 0 saturated heterocycles. The van der Waals surface area contributed by atoms with Crippen molar-refractivity contribution in [1.82, 2.24) is 9.66 Å². The second-order valence-electron chi connectivity index (χ2n) is 6.30. The fourth-order valence-corrected chi connectivity index (χ4v) is 2.92. The van der Waals surface area contributed by atoms with Crippen LogP contribution < -0.4 is 5.56 Å². The van der Waals surface area contributed by atoms with Gasteiger partial charge in [0.05, 0.1) is 22.7 Å². The lowest BCUT2D eigenvalue weighted by Gasteiger charge is -2.10. The van der Waals surface area contributed by atoms with Crippen LogP contribution in [0.1, 0.15) is 11.1 Å². The molecule has 0 N–H and O–H groups in total. The van der Waals surface area contributed by atoms with Crippen molar-refractivity contribution in [1.29, 1.82) is 0 Å². The highest BCUT2D eigenvalue weighted by Crippen LogP contribution is 2.29. The Kier molecular flexibility index (Phi) is 4.72. The van der Waals surface area contributed by atoms with Gasteiger partial charge in [-0.25, -0.2) is 4.98 Å². The fraction of sp³-hybridized carbons (Fsp3) is 0.0455. The molecule has 0 saturated carbocycles. The smallest absolute Gasteiger partial charge is 0.267 e. The molecule has 1 heterocycles. The van der Waals surface area contributed by atoms with E-state index in [4.69, 9.17) is 0 Å². The number of halogens is 3. The lowest BCUT2D eigenvalue weighted by Crippen LogP contribution is -2.20. The van der Waals surface area contributed by atoms with Crippen LogP contribution in [-0.4, -0.2) is 15.9 Å². The molecule has 4 rings (SSSR count). The third-order valence-electron chi connectivity index (χ3n) is 4.32. The highest BCUT2D eigenvalue weighted by Gasteiger charge is 2.30. The first-order valence-corrected chi connectivity index (χ1v) is 8.72. The normalized spacial score (nSPS) is 12.0. The molecule has 0 aliphatic heterocycles. The molecule has 0 spiro atoms. The number of fused-ring (bicyclic) bond motifs is 1. The summed E-state index contributed by atoms with van der Waals surface area (Å²) in [5.74, 6) is 0.303. The van der Waals surface area contributed by atoms with Gasteiger partial charge in [-0.3, -0.25) is 4.79 Å². The van der Waals surface area contributed by atoms with Crippen molar-refractivity contribution in [2.75, 3.05) is 0 Å². The summed E-state index contributed by atoms with van der Waals surface area (Å²) >= 11 is 0. The van der Waals surface area contributed by atoms with Crippen LogP contribution in [0.5, 0.6) is 0 Å². The van der Waals surface area contributed by atoms with Gasteiger partial charge in [0, 0.05) is 5.56 Å². The molecule has 0 unspecified atom stereocenters. The number of rotatable bonds is 3. The molecule has 0 aliphatic carbocycles. The van der Waals surface area contributed by atoms with Crippen molar-refractivity contribution in [3.8, 4) is 11.4 Å². The first-order chi connectivity index (χ1) is 13.9. The van der Waals surface area contributed by atoms with Crippen LogP contribution in [0.3, 0.4) is 0 Å². The molecule has 4 nitrogen and oxygen atoms in total. The molecule has 0 aliphatic rings. The average molecular weight is 393 g/mol. The largest absolute Gasteiger partial charge is 0.416 e. The Balaban J connectivity index is 1.88. The molecule has 144 valence electrons. The maximum absolute atomic E-state index is 13.0. The molecule has 0 fully saturated rings. The first-order valence-electron chi connectivity index (χ1n) is 8.72. The predicted octanol–water partition coefficient (Wildman–Crippen LogP) is 4.96. The number of para-hydroxylation sites is 1. The zero-order chi connectivity index (χ0) is 20.4. The lowest BCUT2D eigenvalue weighted by molar-refractivity contribution is -0.137. The minimum Gasteiger partial charge on any atom is -0.267 e. The van der Waals surface area contributed by atoms with Gasteiger partial charge >= 0.3 is 6.18 Å². The highest BCUT2D eigenvalue weighted by molar-refractivity contribution is 5.82. The molecule has 7 heteroatoms. The van der Waals surface area contributed by atoms with E-state index in [-0.39, 0.29) is 5.56 Å². The second kappa shape index (κ2) is 7.35. The molecule has 0 radical (unpaired) electrons. The zero-order valence-corrected chi connectivity index (χ0v) is 15.0. The number of nitrogens with zero attached hydrogens (tertiary/aromatic N) is 3. The van der Waals surface area contributed by atoms with Crippen LogP contribution in [0.4, 0.5) is 13.2 Å². The summed E-state index contributed by atoms with van der Waals surface area (Å²) in [6, 6.07) is 20.6. The number of hydrogen-bond acceptors (Lipinski definition) is 3. The first kappa shape index (κ1) is 18.6. The van der Waals surface area contributed by atoms with Crippen LogP contribution in [-0.2, 0) is 6.18 Å². The van der Waals surface area contributed by atoms with Crippen molar-refractivity contribution in [3.05, 3.63) is 100 Å². The topological polar surface area (TPSA) is 47.2 Å². The molecule has 1 aromatic heterocycles. The molecule has 0 amide bonds. The molecule has 3 aromatic carbocycles. The maximum Gasteiger partial charge on any atom is 0.416 e. The predicted molar refractivity (Wildman–Crippen MR) is 106 cm³/mol. The molecule has 29 heavy (non-hydrogen) atoms. The van der Waals surface area contributed by atoms with E-state index < -0.39 is 17.3 Å². The third-order valence-corrected chi connectivity index (χ3v) is 4.32. The van der Waals surface area contributed by atoms with Gasteiger partial charge in [-0.2, -0.15) is 22.9 Å². The maximum atomic E-state index is 13.0. The van der Waals surface area contributed by atoms with Gasteiger partial charge in [0.15, 0.2) is 5.82 Å². The highest BCUT2D eigenvalue weighted by atomic mass is 19.4. The van der Waals surface area contributed by atoms with E-state index in [1.165, 1.54) is 18.3 Å². The van der Waals surface area contributed by atoms with Crippen LogP contribution in [0.25, 0.3) is 22.3 Å². The van der Waals surface area contributed by atoms with Gasteiger partial charge < -0.3 is 0 Å². The van der Waals surface area contributed by atoms with Crippen molar-refractivity contribution in [3.63, 3.8) is 0 Å². The van der Waals surface area contributed by atoms with Gasteiger partial charge in [0.25, 0.3) is 5.56 Å². The minimum absolute atomic E-state index is 0.221. The van der Waals surface area contributed by atoms with Crippen LogP contribution >= 0.6 is 0 Å². The van der Waals surface area contributed by atoms with Gasteiger partial charge in [-0.05, 0) is 29.8 Å². The van der Waals surface area contributed by atoms with E-state index in [1.54, 1.807) is 48.5 Å². The number of benzene rings is 3. The summed E-state index contributed by atoms with van der Waals surface area (Å²) in [7, 11) is 0. The van der Waals surface area contributed by atoms with Crippen LogP contribution in [0.15, 0.2) is 88.8 Å². The van der Waals surface area contributed by atoms with Crippen LogP contribution in [0.2, 0.25) is 0 Å². The molecule has 0 atom stereocenters. The van der Waals surface area contributed by atoms with Crippen molar-refractivity contribution in [2.45, 2.75) is 6.18 Å². The third kappa shape index (κ3) is 3.80. The Hall–Kier alpha value is -3.74. The Labute approximate surface area is 163 Å². The molecule has 4 aromatic rings. The summed E-state index contributed by atoms with van der Waals surface area (Å²) < 4.78 is 39.9. The molecule has 0 bridgehead atoms. The number of alkyl halides is 3. The van der Waals surface area contributed by atoms with Gasteiger partial charge in [0.2, 0.25) is 0 Å². The molecular weight excluding hydrogens is 379 g/mol. The quantitative estimate of drug-likeness (QED) is 0.462. The minimum atomic E-state index is -4.46. The standard InChI is InChI=1S/C22H14F3N3O/c23-22(24,25)17-10-6-7-15(13-17)14-26-28-20(16-8-2-1-3-9-16)27-19-12-5-4-11-18(19)21(28)29/h1-14H. The average Bonchev–Trinajstić information content (AvgIpc) is 2.73. The Bertz CT molecular complexity index is 1260. The lowest BCUT2D eigenvalue weighted by atomic mass is 10.1. The van der Waals surface area contributed by atoms with E-state index in [1.807, 2.05) is 6.07 Å². The summed E-state index contributed by atoms with van der Waals surface area (Å²) in [6.45, 7) is 0. The monoisotopic (exact) mass is 393 g/mol. The SMILES string of the molecule is O=c1c2ccccc2nc(-c2ccccc2)n1N=Cc1cccc(C(F)(F)F)c1. The van der Waals surface area contributed by atoms with E-state index in [9.17, 15) is 18.0 Å². The summed E-state index contributed by atoms with van der Waals surface area (Å²) in [5, 5.41) is 4.54. The summed E-state index contributed by atoms with van der Waals surface area (Å²) in [6.07, 6.45) is -3.24. The van der Waals surface area contributed by atoms with E-state index in [0.29, 0.717) is 22.3 Å². The van der Waals surface area contributed by atoms with Gasteiger partial charge in [-0.15, -0.1) is 0 Å².